The molecule has 0 unspecified atom stereocenters. The molecule has 0 saturated heterocycles. The molecular formula is C20H15N3O4. The van der Waals surface area contributed by atoms with Gasteiger partial charge in [-0.1, -0.05) is 30.3 Å². The molecular weight excluding hydrogens is 346 g/mol. The number of hydrogen-bond acceptors (Lipinski definition) is 5. The number of carboxylic acid groups (broad SMARTS) is 1. The first-order chi connectivity index (χ1) is 13.2. The third kappa shape index (κ3) is 3.72. The van der Waals surface area contributed by atoms with Crippen molar-refractivity contribution in [2.24, 2.45) is 0 Å². The number of para-hydroxylation sites is 1. The Morgan fingerprint density at radius 1 is 1.15 bits per heavy atom. The van der Waals surface area contributed by atoms with Gasteiger partial charge in [-0.15, -0.1) is 5.10 Å². The Morgan fingerprint density at radius 3 is 2.78 bits per heavy atom. The zero-order valence-corrected chi connectivity index (χ0v) is 14.1. The van der Waals surface area contributed by atoms with Crippen LogP contribution in [0.2, 0.25) is 0 Å². The van der Waals surface area contributed by atoms with Crippen molar-refractivity contribution >= 4 is 24.3 Å². The van der Waals surface area contributed by atoms with E-state index in [4.69, 9.17) is 14.6 Å². The predicted octanol–water partition coefficient (Wildman–Crippen LogP) is 3.40. The summed E-state index contributed by atoms with van der Waals surface area (Å²) in [6.45, 7) is -0.363. The number of carboxylic acids is 1. The van der Waals surface area contributed by atoms with Crippen molar-refractivity contribution in [3.8, 4) is 22.9 Å². The lowest BCUT2D eigenvalue weighted by Crippen LogP contribution is -2.09. The molecule has 0 radical (unpaired) electrons. The Labute approximate surface area is 154 Å². The van der Waals surface area contributed by atoms with E-state index in [1.165, 1.54) is 0 Å². The Balaban J connectivity index is 1.54. The SMILES string of the molecule is O=C(O)COc1ccc(/C=C/c2nc3n(n2)C=COc2ccccc2-3)cc1. The maximum Gasteiger partial charge on any atom is 0.341 e. The third-order valence-electron chi connectivity index (χ3n) is 3.84. The van der Waals surface area contributed by atoms with Crippen molar-refractivity contribution in [2.75, 3.05) is 6.61 Å². The van der Waals surface area contributed by atoms with Crippen LogP contribution in [0.15, 0.2) is 54.8 Å². The first-order valence-corrected chi connectivity index (χ1v) is 8.21. The van der Waals surface area contributed by atoms with Crippen molar-refractivity contribution in [3.05, 3.63) is 66.2 Å². The van der Waals surface area contributed by atoms with Crippen molar-refractivity contribution < 1.29 is 19.4 Å². The molecule has 1 aromatic heterocycles. The van der Waals surface area contributed by atoms with Gasteiger partial charge in [-0.05, 0) is 35.9 Å². The van der Waals surface area contributed by atoms with Gasteiger partial charge in [0.15, 0.2) is 18.3 Å². The van der Waals surface area contributed by atoms with Gasteiger partial charge < -0.3 is 14.6 Å². The average Bonchev–Trinajstić information content (AvgIpc) is 3.01. The number of ether oxygens (including phenoxy) is 2. The third-order valence-corrected chi connectivity index (χ3v) is 3.84. The van der Waals surface area contributed by atoms with Crippen molar-refractivity contribution in [3.63, 3.8) is 0 Å². The van der Waals surface area contributed by atoms with Crippen LogP contribution in [0.1, 0.15) is 11.4 Å². The van der Waals surface area contributed by atoms with Crippen LogP contribution in [-0.4, -0.2) is 32.4 Å². The van der Waals surface area contributed by atoms with E-state index < -0.39 is 5.97 Å². The highest BCUT2D eigenvalue weighted by molar-refractivity contribution is 5.71. The molecule has 2 aromatic carbocycles. The van der Waals surface area contributed by atoms with Gasteiger partial charge in [0.05, 0.1) is 11.8 Å². The van der Waals surface area contributed by atoms with Crippen LogP contribution in [0, 0.1) is 0 Å². The fourth-order valence-electron chi connectivity index (χ4n) is 2.60. The van der Waals surface area contributed by atoms with Gasteiger partial charge in [-0.3, -0.25) is 0 Å². The molecule has 0 bridgehead atoms. The van der Waals surface area contributed by atoms with Gasteiger partial charge in [-0.2, -0.15) is 0 Å². The molecule has 134 valence electrons. The molecule has 0 spiro atoms. The van der Waals surface area contributed by atoms with Crippen molar-refractivity contribution in [2.45, 2.75) is 0 Å². The molecule has 0 fully saturated rings. The summed E-state index contributed by atoms with van der Waals surface area (Å²) in [5, 5.41) is 13.1. The van der Waals surface area contributed by atoms with Gasteiger partial charge in [0, 0.05) is 0 Å². The van der Waals surface area contributed by atoms with E-state index in [-0.39, 0.29) is 6.61 Å². The number of aromatic nitrogens is 3. The average molecular weight is 361 g/mol. The molecule has 0 aliphatic carbocycles. The van der Waals surface area contributed by atoms with Crippen LogP contribution in [0.4, 0.5) is 0 Å². The lowest BCUT2D eigenvalue weighted by atomic mass is 10.2. The number of carbonyl (C=O) groups is 1. The van der Waals surface area contributed by atoms with E-state index in [9.17, 15) is 4.79 Å². The number of fused-ring (bicyclic) bond motifs is 3. The summed E-state index contributed by atoms with van der Waals surface area (Å²) in [5.74, 6) is 1.50. The smallest absolute Gasteiger partial charge is 0.341 e. The van der Waals surface area contributed by atoms with Gasteiger partial charge in [0.1, 0.15) is 17.8 Å². The summed E-state index contributed by atoms with van der Waals surface area (Å²) in [4.78, 5) is 15.1. The Morgan fingerprint density at radius 2 is 1.96 bits per heavy atom. The summed E-state index contributed by atoms with van der Waals surface area (Å²) < 4.78 is 12.3. The maximum atomic E-state index is 10.5. The van der Waals surface area contributed by atoms with E-state index >= 15 is 0 Å². The molecule has 0 atom stereocenters. The highest BCUT2D eigenvalue weighted by atomic mass is 16.5. The minimum Gasteiger partial charge on any atom is -0.482 e. The summed E-state index contributed by atoms with van der Waals surface area (Å²) in [6, 6.07) is 14.7. The molecule has 4 rings (SSSR count). The lowest BCUT2D eigenvalue weighted by Gasteiger charge is -2.03. The molecule has 27 heavy (non-hydrogen) atoms. The second-order valence-electron chi connectivity index (χ2n) is 5.72. The normalized spacial score (nSPS) is 12.1. The van der Waals surface area contributed by atoms with Crippen LogP contribution >= 0.6 is 0 Å². The zero-order valence-electron chi connectivity index (χ0n) is 14.1. The molecule has 1 aliphatic heterocycles. The number of aliphatic carboxylic acids is 1. The monoisotopic (exact) mass is 361 g/mol. The molecule has 1 aliphatic rings. The standard InChI is InChI=1S/C20H15N3O4/c24-19(25)13-27-15-8-5-14(6-9-15)7-10-18-21-20-16-3-1-2-4-17(16)26-12-11-23(20)22-18/h1-12H,13H2,(H,24,25)/b10-7+. The number of hydrogen-bond donors (Lipinski definition) is 1. The van der Waals surface area contributed by atoms with E-state index in [1.807, 2.05) is 48.6 Å². The van der Waals surface area contributed by atoms with E-state index in [0.29, 0.717) is 17.4 Å². The molecule has 7 heteroatoms. The van der Waals surface area contributed by atoms with Crippen LogP contribution in [0.5, 0.6) is 11.5 Å². The minimum absolute atomic E-state index is 0.363. The van der Waals surface area contributed by atoms with Crippen molar-refractivity contribution in [1.82, 2.24) is 14.8 Å². The highest BCUT2D eigenvalue weighted by Gasteiger charge is 2.15. The van der Waals surface area contributed by atoms with Gasteiger partial charge in [-0.25, -0.2) is 14.5 Å². The molecule has 7 nitrogen and oxygen atoms in total. The summed E-state index contributed by atoms with van der Waals surface area (Å²) >= 11 is 0. The lowest BCUT2D eigenvalue weighted by molar-refractivity contribution is -0.139. The van der Waals surface area contributed by atoms with Crippen LogP contribution in [0.3, 0.4) is 0 Å². The molecule has 1 N–H and O–H groups in total. The topological polar surface area (TPSA) is 86.5 Å². The quantitative estimate of drug-likeness (QED) is 0.749. The largest absolute Gasteiger partial charge is 0.482 e. The van der Waals surface area contributed by atoms with Gasteiger partial charge in [0.25, 0.3) is 0 Å². The van der Waals surface area contributed by atoms with Crippen molar-refractivity contribution in [1.29, 1.82) is 0 Å². The predicted molar refractivity (Wildman–Crippen MR) is 99.9 cm³/mol. The summed E-state index contributed by atoms with van der Waals surface area (Å²) in [6.07, 6.45) is 6.98. The Bertz CT molecular complexity index is 1040. The summed E-state index contributed by atoms with van der Waals surface area (Å²) in [7, 11) is 0. The van der Waals surface area contributed by atoms with E-state index in [1.54, 1.807) is 29.3 Å². The molecule has 3 aromatic rings. The Hall–Kier alpha value is -3.87. The van der Waals surface area contributed by atoms with Gasteiger partial charge in [0.2, 0.25) is 0 Å². The highest BCUT2D eigenvalue weighted by Crippen LogP contribution is 2.31. The maximum absolute atomic E-state index is 10.5. The second kappa shape index (κ2) is 7.17. The summed E-state index contributed by atoms with van der Waals surface area (Å²) in [5.41, 5.74) is 1.79. The molecule has 2 heterocycles. The molecule has 0 amide bonds. The van der Waals surface area contributed by atoms with Crippen LogP contribution in [0.25, 0.3) is 29.7 Å². The van der Waals surface area contributed by atoms with E-state index in [2.05, 4.69) is 10.1 Å². The Kier molecular flexibility index (Phi) is 4.40. The number of rotatable bonds is 5. The number of nitrogens with zero attached hydrogens (tertiary/aromatic N) is 3. The first kappa shape index (κ1) is 16.6. The van der Waals surface area contributed by atoms with E-state index in [0.717, 1.165) is 16.9 Å². The fraction of sp³-hybridized carbons (Fsp3) is 0.0500. The van der Waals surface area contributed by atoms with Crippen LogP contribution in [-0.2, 0) is 4.79 Å². The van der Waals surface area contributed by atoms with Crippen LogP contribution < -0.4 is 9.47 Å². The first-order valence-electron chi connectivity index (χ1n) is 8.21. The van der Waals surface area contributed by atoms with Gasteiger partial charge >= 0.3 is 5.97 Å². The molecule has 0 saturated carbocycles. The number of benzene rings is 2. The fourth-order valence-corrected chi connectivity index (χ4v) is 2.60. The zero-order chi connectivity index (χ0) is 18.6. The second-order valence-corrected chi connectivity index (χ2v) is 5.72. The minimum atomic E-state index is -1.01.